The van der Waals surface area contributed by atoms with Gasteiger partial charge >= 0.3 is 0 Å². The Morgan fingerprint density at radius 2 is 2.17 bits per heavy atom. The van der Waals surface area contributed by atoms with E-state index in [0.29, 0.717) is 23.9 Å². The van der Waals surface area contributed by atoms with Crippen LogP contribution in [0.15, 0.2) is 16.7 Å². The minimum atomic E-state index is 0. The molecule has 1 aromatic rings. The molecule has 0 aliphatic heterocycles. The third-order valence-electron chi connectivity index (χ3n) is 3.47. The first kappa shape index (κ1) is 15.1. The monoisotopic (exact) mass is 272 g/mol. The molecule has 0 aromatic carbocycles. The molecule has 1 amide bonds. The van der Waals surface area contributed by atoms with Gasteiger partial charge in [0, 0.05) is 12.6 Å². The van der Waals surface area contributed by atoms with Crippen LogP contribution in [-0.2, 0) is 6.54 Å². The highest BCUT2D eigenvalue weighted by Gasteiger charge is 2.26. The molecule has 1 heterocycles. The maximum absolute atomic E-state index is 12.3. The molecule has 0 saturated heterocycles. The van der Waals surface area contributed by atoms with Crippen molar-refractivity contribution in [1.29, 1.82) is 0 Å². The first-order valence-corrected chi connectivity index (χ1v) is 6.34. The van der Waals surface area contributed by atoms with Crippen LogP contribution in [0.1, 0.15) is 48.7 Å². The number of nitrogens with zero attached hydrogens (tertiary/aromatic N) is 1. The van der Waals surface area contributed by atoms with Gasteiger partial charge in [-0.3, -0.25) is 4.79 Å². The largest absolute Gasteiger partial charge is 0.467 e. The molecule has 0 bridgehead atoms. The number of amides is 1. The molecule has 0 spiro atoms. The van der Waals surface area contributed by atoms with Crippen LogP contribution >= 0.6 is 12.4 Å². The van der Waals surface area contributed by atoms with Crippen LogP contribution in [-0.4, -0.2) is 23.4 Å². The van der Waals surface area contributed by atoms with Crippen molar-refractivity contribution in [3.63, 3.8) is 0 Å². The summed E-state index contributed by atoms with van der Waals surface area (Å²) in [6, 6.07) is 2.16. The maximum atomic E-state index is 12.3. The van der Waals surface area contributed by atoms with E-state index in [1.807, 2.05) is 11.8 Å². The van der Waals surface area contributed by atoms with E-state index >= 15 is 0 Å². The van der Waals surface area contributed by atoms with E-state index in [-0.39, 0.29) is 18.3 Å². The third-order valence-corrected chi connectivity index (χ3v) is 3.47. The summed E-state index contributed by atoms with van der Waals surface area (Å²) in [4.78, 5) is 14.3. The predicted octanol–water partition coefficient (Wildman–Crippen LogP) is 2.56. The van der Waals surface area contributed by atoms with Gasteiger partial charge in [-0.05, 0) is 25.8 Å². The summed E-state index contributed by atoms with van der Waals surface area (Å²) in [7, 11) is 0. The SMILES string of the molecule is CCN(C(=O)c1coc(CN)c1)C1CCCC1.Cl. The van der Waals surface area contributed by atoms with Gasteiger partial charge in [-0.15, -0.1) is 12.4 Å². The van der Waals surface area contributed by atoms with Gasteiger partial charge in [-0.2, -0.15) is 0 Å². The van der Waals surface area contributed by atoms with Crippen LogP contribution in [0.2, 0.25) is 0 Å². The second kappa shape index (κ2) is 6.81. The van der Waals surface area contributed by atoms with Crippen molar-refractivity contribution >= 4 is 18.3 Å². The van der Waals surface area contributed by atoms with Crippen molar-refractivity contribution in [2.45, 2.75) is 45.2 Å². The van der Waals surface area contributed by atoms with E-state index in [4.69, 9.17) is 10.2 Å². The fourth-order valence-electron chi connectivity index (χ4n) is 2.55. The molecule has 1 aromatic heterocycles. The summed E-state index contributed by atoms with van der Waals surface area (Å²) in [5, 5.41) is 0. The summed E-state index contributed by atoms with van der Waals surface area (Å²) < 4.78 is 5.22. The number of hydrogen-bond acceptors (Lipinski definition) is 3. The van der Waals surface area contributed by atoms with Crippen LogP contribution in [0, 0.1) is 0 Å². The van der Waals surface area contributed by atoms with Crippen molar-refractivity contribution in [2.75, 3.05) is 6.54 Å². The van der Waals surface area contributed by atoms with Crippen LogP contribution in [0.5, 0.6) is 0 Å². The molecule has 2 N–H and O–H groups in total. The highest BCUT2D eigenvalue weighted by Crippen LogP contribution is 2.25. The summed E-state index contributed by atoms with van der Waals surface area (Å²) >= 11 is 0. The number of carbonyl (C=O) groups excluding carboxylic acids is 1. The Labute approximate surface area is 114 Å². The normalized spacial score (nSPS) is 15.4. The lowest BCUT2D eigenvalue weighted by Gasteiger charge is -2.27. The summed E-state index contributed by atoms with van der Waals surface area (Å²) in [5.74, 6) is 0.735. The molecule has 1 aliphatic rings. The van der Waals surface area contributed by atoms with Crippen LogP contribution in [0.25, 0.3) is 0 Å². The van der Waals surface area contributed by atoms with E-state index in [9.17, 15) is 4.79 Å². The Kier molecular flexibility index (Phi) is 5.69. The average Bonchev–Trinajstić information content (AvgIpc) is 3.00. The first-order valence-electron chi connectivity index (χ1n) is 6.34. The zero-order valence-electron chi connectivity index (χ0n) is 10.7. The molecule has 1 saturated carbocycles. The molecule has 5 heteroatoms. The Bertz CT molecular complexity index is 386. The molecule has 1 fully saturated rings. The zero-order chi connectivity index (χ0) is 12.3. The predicted molar refractivity (Wildman–Crippen MR) is 72.8 cm³/mol. The van der Waals surface area contributed by atoms with Crippen LogP contribution in [0.4, 0.5) is 0 Å². The van der Waals surface area contributed by atoms with Gasteiger partial charge in [0.1, 0.15) is 12.0 Å². The molecule has 4 nitrogen and oxygen atoms in total. The standard InChI is InChI=1S/C13H20N2O2.ClH/c1-2-15(11-5-3-4-6-11)13(16)10-7-12(8-14)17-9-10;/h7,9,11H,2-6,8,14H2,1H3;1H. The van der Waals surface area contributed by atoms with Crippen molar-refractivity contribution in [1.82, 2.24) is 4.90 Å². The van der Waals surface area contributed by atoms with Gasteiger partial charge in [0.15, 0.2) is 0 Å². The van der Waals surface area contributed by atoms with Gasteiger partial charge in [0.05, 0.1) is 12.1 Å². The van der Waals surface area contributed by atoms with Gasteiger partial charge in [-0.1, -0.05) is 12.8 Å². The van der Waals surface area contributed by atoms with Gasteiger partial charge < -0.3 is 15.1 Å². The number of carbonyl (C=O) groups is 1. The topological polar surface area (TPSA) is 59.5 Å². The highest BCUT2D eigenvalue weighted by atomic mass is 35.5. The fraction of sp³-hybridized carbons (Fsp3) is 0.615. The number of halogens is 1. The fourth-order valence-corrected chi connectivity index (χ4v) is 2.55. The van der Waals surface area contributed by atoms with Crippen LogP contribution < -0.4 is 5.73 Å². The molecular weight excluding hydrogens is 252 g/mol. The van der Waals surface area contributed by atoms with E-state index < -0.39 is 0 Å². The molecule has 0 unspecified atom stereocenters. The number of nitrogens with two attached hydrogens (primary N) is 1. The number of furan rings is 1. The quantitative estimate of drug-likeness (QED) is 0.916. The van der Waals surface area contributed by atoms with E-state index in [1.165, 1.54) is 19.1 Å². The van der Waals surface area contributed by atoms with Crippen molar-refractivity contribution in [3.05, 3.63) is 23.7 Å². The Morgan fingerprint density at radius 3 is 2.67 bits per heavy atom. The Balaban J connectivity index is 0.00000162. The summed E-state index contributed by atoms with van der Waals surface area (Å²) in [6.07, 6.45) is 6.23. The van der Waals surface area contributed by atoms with E-state index in [0.717, 1.165) is 19.4 Å². The van der Waals surface area contributed by atoms with E-state index in [1.54, 1.807) is 6.07 Å². The number of rotatable bonds is 4. The highest BCUT2D eigenvalue weighted by molar-refractivity contribution is 5.94. The summed E-state index contributed by atoms with van der Waals surface area (Å²) in [5.41, 5.74) is 6.10. The van der Waals surface area contributed by atoms with Gasteiger partial charge in [0.25, 0.3) is 5.91 Å². The van der Waals surface area contributed by atoms with Crippen molar-refractivity contribution in [2.24, 2.45) is 5.73 Å². The first-order chi connectivity index (χ1) is 8.26. The van der Waals surface area contributed by atoms with Crippen LogP contribution in [0.3, 0.4) is 0 Å². The average molecular weight is 273 g/mol. The third kappa shape index (κ3) is 3.06. The lowest BCUT2D eigenvalue weighted by atomic mass is 10.1. The minimum absolute atomic E-state index is 0. The van der Waals surface area contributed by atoms with Crippen molar-refractivity contribution < 1.29 is 9.21 Å². The van der Waals surface area contributed by atoms with E-state index in [2.05, 4.69) is 0 Å². The number of hydrogen-bond donors (Lipinski definition) is 1. The maximum Gasteiger partial charge on any atom is 0.257 e. The molecule has 2 rings (SSSR count). The molecular formula is C13H21ClN2O2. The summed E-state index contributed by atoms with van der Waals surface area (Å²) in [6.45, 7) is 3.12. The smallest absolute Gasteiger partial charge is 0.257 e. The van der Waals surface area contributed by atoms with Gasteiger partial charge in [0.2, 0.25) is 0 Å². The second-order valence-corrected chi connectivity index (χ2v) is 4.54. The van der Waals surface area contributed by atoms with Crippen molar-refractivity contribution in [3.8, 4) is 0 Å². The van der Waals surface area contributed by atoms with Gasteiger partial charge in [-0.25, -0.2) is 0 Å². The second-order valence-electron chi connectivity index (χ2n) is 4.54. The molecule has 0 atom stereocenters. The molecule has 0 radical (unpaired) electrons. The molecule has 1 aliphatic carbocycles. The lowest BCUT2D eigenvalue weighted by Crippen LogP contribution is -2.38. The lowest BCUT2D eigenvalue weighted by molar-refractivity contribution is 0.0693. The Hall–Kier alpha value is -1.00. The zero-order valence-corrected chi connectivity index (χ0v) is 11.5. The Morgan fingerprint density at radius 1 is 1.50 bits per heavy atom. The molecule has 18 heavy (non-hydrogen) atoms. The minimum Gasteiger partial charge on any atom is -0.467 e. The molecule has 102 valence electrons.